The summed E-state index contributed by atoms with van der Waals surface area (Å²) in [6.07, 6.45) is 0. The lowest BCUT2D eigenvalue weighted by molar-refractivity contribution is 0.480. The van der Waals surface area contributed by atoms with E-state index in [9.17, 15) is 0 Å². The van der Waals surface area contributed by atoms with Gasteiger partial charge in [-0.15, -0.1) is 0 Å². The number of halogens is 2. The Hall–Kier alpha value is 0.970. The highest BCUT2D eigenvalue weighted by molar-refractivity contribution is 8.00. The molecule has 0 atom stereocenters. The maximum Gasteiger partial charge on any atom is 0.225 e. The summed E-state index contributed by atoms with van der Waals surface area (Å²) >= 11 is 10.1. The Morgan fingerprint density at radius 2 is 1.80 bits per heavy atom. The van der Waals surface area contributed by atoms with Crippen LogP contribution in [0.3, 0.4) is 0 Å². The van der Waals surface area contributed by atoms with Crippen LogP contribution in [0.15, 0.2) is 0 Å². The summed E-state index contributed by atoms with van der Waals surface area (Å²) in [5.74, 6) is 0. The van der Waals surface area contributed by atoms with E-state index < -0.39 is 6.85 Å². The van der Waals surface area contributed by atoms with Gasteiger partial charge in [-0.3, -0.25) is 0 Å². The van der Waals surface area contributed by atoms with E-state index in [4.69, 9.17) is 22.5 Å². The molecule has 0 heterocycles. The predicted octanol–water partition coefficient (Wildman–Crippen LogP) is 2.34. The minimum atomic E-state index is -1.15. The van der Waals surface area contributed by atoms with Gasteiger partial charge in [-0.1, -0.05) is 0 Å². The third-order valence-corrected chi connectivity index (χ3v) is 1.24. The van der Waals surface area contributed by atoms with Crippen molar-refractivity contribution in [2.45, 2.75) is 0 Å². The van der Waals surface area contributed by atoms with E-state index in [1.807, 2.05) is 0 Å². The lowest BCUT2D eigenvalue weighted by Gasteiger charge is -1.87. The van der Waals surface area contributed by atoms with Crippen molar-refractivity contribution in [1.29, 1.82) is 0 Å². The van der Waals surface area contributed by atoms with Crippen LogP contribution in [0.5, 0.6) is 0 Å². The van der Waals surface area contributed by atoms with Crippen LogP contribution in [-0.2, 0) is 4.52 Å². The molecule has 0 bridgehead atoms. The Bertz CT molecular complexity index is 23.6. The van der Waals surface area contributed by atoms with Crippen LogP contribution >= 0.6 is 29.3 Å². The van der Waals surface area contributed by atoms with Crippen LogP contribution in [0.4, 0.5) is 0 Å². The molecular formula is CH3Cl2OP. The first kappa shape index (κ1) is 5.97. The molecule has 0 saturated carbocycles. The maximum atomic E-state index is 5.07. The minimum absolute atomic E-state index is 1.15. The molecule has 0 aromatic rings. The van der Waals surface area contributed by atoms with Crippen LogP contribution in [0.1, 0.15) is 0 Å². The van der Waals surface area contributed by atoms with Gasteiger partial charge in [0.15, 0.2) is 0 Å². The van der Waals surface area contributed by atoms with Gasteiger partial charge >= 0.3 is 0 Å². The van der Waals surface area contributed by atoms with Gasteiger partial charge in [0.05, 0.1) is 0 Å². The van der Waals surface area contributed by atoms with Gasteiger partial charge in [-0.25, -0.2) is 0 Å². The SMILES string of the molecule is COP(Cl)Cl. The second-order valence-corrected chi connectivity index (χ2v) is 3.51. The zero-order chi connectivity index (χ0) is 4.28. The molecular weight excluding hydrogens is 130 g/mol. The Balaban J connectivity index is 2.54. The lowest BCUT2D eigenvalue weighted by atomic mass is 11.8. The molecule has 0 aromatic heterocycles. The molecule has 0 rings (SSSR count). The van der Waals surface area contributed by atoms with E-state index in [1.54, 1.807) is 0 Å². The van der Waals surface area contributed by atoms with Crippen molar-refractivity contribution in [2.75, 3.05) is 7.11 Å². The first-order valence-electron chi connectivity index (χ1n) is 0.929. The monoisotopic (exact) mass is 132 g/mol. The van der Waals surface area contributed by atoms with Gasteiger partial charge in [-0.2, -0.15) is 0 Å². The number of hydrogen-bond acceptors (Lipinski definition) is 1. The van der Waals surface area contributed by atoms with Crippen molar-refractivity contribution in [3.05, 3.63) is 0 Å². The summed E-state index contributed by atoms with van der Waals surface area (Å²) in [5, 5.41) is 0. The van der Waals surface area contributed by atoms with Crippen molar-refractivity contribution in [2.24, 2.45) is 0 Å². The highest BCUT2D eigenvalue weighted by Crippen LogP contribution is 2.46. The summed E-state index contributed by atoms with van der Waals surface area (Å²) in [5.41, 5.74) is 0. The summed E-state index contributed by atoms with van der Waals surface area (Å²) in [4.78, 5) is 0. The topological polar surface area (TPSA) is 9.23 Å². The molecule has 0 radical (unpaired) electrons. The molecule has 32 valence electrons. The van der Waals surface area contributed by atoms with Crippen LogP contribution in [-0.4, -0.2) is 7.11 Å². The van der Waals surface area contributed by atoms with Crippen LogP contribution < -0.4 is 0 Å². The zero-order valence-electron chi connectivity index (χ0n) is 2.61. The molecule has 0 saturated heterocycles. The van der Waals surface area contributed by atoms with E-state index >= 15 is 0 Å². The molecule has 0 N–H and O–H groups in total. The lowest BCUT2D eigenvalue weighted by Crippen LogP contribution is -1.51. The van der Waals surface area contributed by atoms with Crippen LogP contribution in [0.2, 0.25) is 0 Å². The first-order chi connectivity index (χ1) is 2.27. The van der Waals surface area contributed by atoms with Gasteiger partial charge in [0.25, 0.3) is 0 Å². The normalized spacial score (nSPS) is 9.60. The molecule has 1 nitrogen and oxygen atoms in total. The average Bonchev–Trinajstić information content (AvgIpc) is 1.38. The highest BCUT2D eigenvalue weighted by atomic mass is 35.9. The van der Waals surface area contributed by atoms with Crippen molar-refractivity contribution < 1.29 is 4.52 Å². The van der Waals surface area contributed by atoms with Crippen molar-refractivity contribution in [3.8, 4) is 0 Å². The van der Waals surface area contributed by atoms with Crippen molar-refractivity contribution >= 4 is 29.3 Å². The molecule has 0 unspecified atom stereocenters. The van der Waals surface area contributed by atoms with E-state index in [1.165, 1.54) is 7.11 Å². The summed E-state index contributed by atoms with van der Waals surface area (Å²) in [6, 6.07) is 0. The molecule has 0 aliphatic rings. The van der Waals surface area contributed by atoms with Gasteiger partial charge in [0, 0.05) is 7.11 Å². The maximum absolute atomic E-state index is 5.07. The molecule has 0 amide bonds. The smallest absolute Gasteiger partial charge is 0.225 e. The van der Waals surface area contributed by atoms with E-state index in [-0.39, 0.29) is 0 Å². The number of hydrogen-bond donors (Lipinski definition) is 0. The molecule has 5 heavy (non-hydrogen) atoms. The first-order valence-corrected chi connectivity index (χ1v) is 4.00. The van der Waals surface area contributed by atoms with Crippen molar-refractivity contribution in [1.82, 2.24) is 0 Å². The highest BCUT2D eigenvalue weighted by Gasteiger charge is 1.87. The quantitative estimate of drug-likeness (QED) is 0.498. The van der Waals surface area contributed by atoms with Crippen molar-refractivity contribution in [3.63, 3.8) is 0 Å². The van der Waals surface area contributed by atoms with E-state index in [0.29, 0.717) is 0 Å². The zero-order valence-corrected chi connectivity index (χ0v) is 5.02. The minimum Gasteiger partial charge on any atom is -0.335 e. The van der Waals surface area contributed by atoms with E-state index in [2.05, 4.69) is 4.52 Å². The summed E-state index contributed by atoms with van der Waals surface area (Å²) in [6.45, 7) is -1.15. The fraction of sp³-hybridized carbons (Fsp3) is 1.00. The van der Waals surface area contributed by atoms with Gasteiger partial charge < -0.3 is 4.52 Å². The fourth-order valence-corrected chi connectivity index (χ4v) is 0. The third-order valence-electron chi connectivity index (χ3n) is 0.138. The van der Waals surface area contributed by atoms with E-state index in [0.717, 1.165) is 0 Å². The molecule has 0 aliphatic heterocycles. The predicted molar refractivity (Wildman–Crippen MR) is 25.6 cm³/mol. The second-order valence-electron chi connectivity index (χ2n) is 0.384. The average molecular weight is 133 g/mol. The largest absolute Gasteiger partial charge is 0.335 e. The van der Waals surface area contributed by atoms with Gasteiger partial charge in [0.1, 0.15) is 0 Å². The van der Waals surface area contributed by atoms with Gasteiger partial charge in [-0.05, 0) is 22.5 Å². The van der Waals surface area contributed by atoms with Gasteiger partial charge in [0.2, 0.25) is 6.85 Å². The molecule has 0 aliphatic carbocycles. The number of rotatable bonds is 1. The summed E-state index contributed by atoms with van der Waals surface area (Å²) in [7, 11) is 1.46. The molecule has 4 heteroatoms. The molecule has 0 aromatic carbocycles. The Morgan fingerprint density at radius 1 is 1.60 bits per heavy atom. The van der Waals surface area contributed by atoms with Crippen LogP contribution in [0, 0.1) is 0 Å². The molecule has 0 spiro atoms. The Labute approximate surface area is 41.6 Å². The fourth-order valence-electron chi connectivity index (χ4n) is 0. The summed E-state index contributed by atoms with van der Waals surface area (Å²) < 4.78 is 4.35. The standard InChI is InChI=1S/CH3Cl2OP/c1-4-5(2)3/h1H3. The second kappa shape index (κ2) is 3.17. The Kier molecular flexibility index (Phi) is 3.79. The van der Waals surface area contributed by atoms with Crippen LogP contribution in [0.25, 0.3) is 0 Å². The third kappa shape index (κ3) is 4.97. The molecule has 0 fully saturated rings. The Morgan fingerprint density at radius 3 is 1.80 bits per heavy atom.